The SMILES string of the molecule is C#CCCC(N)c1ccc(OC)c(Br)c1. The van der Waals surface area contributed by atoms with Crippen molar-refractivity contribution in [3.8, 4) is 18.1 Å². The molecule has 0 aliphatic heterocycles. The summed E-state index contributed by atoms with van der Waals surface area (Å²) in [5, 5.41) is 0. The molecule has 15 heavy (non-hydrogen) atoms. The van der Waals surface area contributed by atoms with Crippen LogP contribution in [-0.2, 0) is 0 Å². The van der Waals surface area contributed by atoms with E-state index in [2.05, 4.69) is 21.9 Å². The molecule has 0 amide bonds. The van der Waals surface area contributed by atoms with E-state index >= 15 is 0 Å². The van der Waals surface area contributed by atoms with Crippen LogP contribution in [0.3, 0.4) is 0 Å². The maximum absolute atomic E-state index is 5.98. The highest BCUT2D eigenvalue weighted by Gasteiger charge is 2.07. The monoisotopic (exact) mass is 267 g/mol. The quantitative estimate of drug-likeness (QED) is 0.852. The zero-order valence-electron chi connectivity index (χ0n) is 8.66. The summed E-state index contributed by atoms with van der Waals surface area (Å²) in [5.74, 6) is 3.40. The van der Waals surface area contributed by atoms with E-state index in [0.29, 0.717) is 6.42 Å². The first kappa shape index (κ1) is 12.1. The fourth-order valence-corrected chi connectivity index (χ4v) is 1.88. The number of halogens is 1. The van der Waals surface area contributed by atoms with Crippen molar-refractivity contribution < 1.29 is 4.74 Å². The average molecular weight is 268 g/mol. The molecule has 1 aromatic rings. The molecule has 2 nitrogen and oxygen atoms in total. The number of benzene rings is 1. The molecule has 1 unspecified atom stereocenters. The topological polar surface area (TPSA) is 35.2 Å². The molecule has 0 radical (unpaired) electrons. The molecule has 1 rings (SSSR count). The normalized spacial score (nSPS) is 11.9. The Hall–Kier alpha value is -0.980. The summed E-state index contributed by atoms with van der Waals surface area (Å²) in [7, 11) is 1.64. The van der Waals surface area contributed by atoms with E-state index in [1.165, 1.54) is 0 Å². The largest absolute Gasteiger partial charge is 0.496 e. The van der Waals surface area contributed by atoms with Crippen LogP contribution in [0.1, 0.15) is 24.4 Å². The Morgan fingerprint density at radius 2 is 2.33 bits per heavy atom. The highest BCUT2D eigenvalue weighted by molar-refractivity contribution is 9.10. The molecule has 0 aromatic heterocycles. The lowest BCUT2D eigenvalue weighted by Crippen LogP contribution is -2.09. The number of hydrogen-bond donors (Lipinski definition) is 1. The van der Waals surface area contributed by atoms with Crippen LogP contribution < -0.4 is 10.5 Å². The van der Waals surface area contributed by atoms with E-state index in [4.69, 9.17) is 16.9 Å². The van der Waals surface area contributed by atoms with E-state index in [-0.39, 0.29) is 6.04 Å². The summed E-state index contributed by atoms with van der Waals surface area (Å²) < 4.78 is 6.06. The van der Waals surface area contributed by atoms with Crippen LogP contribution in [0.2, 0.25) is 0 Å². The van der Waals surface area contributed by atoms with E-state index in [0.717, 1.165) is 22.2 Å². The highest BCUT2D eigenvalue weighted by Crippen LogP contribution is 2.28. The zero-order chi connectivity index (χ0) is 11.3. The molecule has 1 aromatic carbocycles. The Bertz CT molecular complexity index is 370. The first-order valence-corrected chi connectivity index (χ1v) is 5.50. The first-order valence-electron chi connectivity index (χ1n) is 4.71. The minimum Gasteiger partial charge on any atom is -0.496 e. The van der Waals surface area contributed by atoms with Gasteiger partial charge in [0.25, 0.3) is 0 Å². The van der Waals surface area contributed by atoms with Crippen molar-refractivity contribution in [2.24, 2.45) is 5.73 Å². The Kier molecular flexibility index (Phi) is 4.67. The van der Waals surface area contributed by atoms with Crippen molar-refractivity contribution in [2.75, 3.05) is 7.11 Å². The van der Waals surface area contributed by atoms with Gasteiger partial charge in [-0.1, -0.05) is 6.07 Å². The lowest BCUT2D eigenvalue weighted by Gasteiger charge is -2.12. The molecule has 0 saturated heterocycles. The molecule has 3 heteroatoms. The minimum absolute atomic E-state index is 0.0109. The van der Waals surface area contributed by atoms with Gasteiger partial charge in [-0.05, 0) is 40.0 Å². The second-order valence-electron chi connectivity index (χ2n) is 3.24. The van der Waals surface area contributed by atoms with Gasteiger partial charge >= 0.3 is 0 Å². The number of methoxy groups -OCH3 is 1. The second-order valence-corrected chi connectivity index (χ2v) is 4.10. The van der Waals surface area contributed by atoms with Gasteiger partial charge in [-0.15, -0.1) is 12.3 Å². The molecule has 0 saturated carbocycles. The molecule has 0 aliphatic rings. The smallest absolute Gasteiger partial charge is 0.133 e. The number of terminal acetylenes is 1. The molecule has 0 bridgehead atoms. The van der Waals surface area contributed by atoms with Gasteiger partial charge in [0.15, 0.2) is 0 Å². The van der Waals surface area contributed by atoms with Gasteiger partial charge in [0, 0.05) is 12.5 Å². The van der Waals surface area contributed by atoms with Crippen molar-refractivity contribution in [1.29, 1.82) is 0 Å². The number of nitrogens with two attached hydrogens (primary N) is 1. The molecule has 80 valence electrons. The van der Waals surface area contributed by atoms with Crippen LogP contribution in [-0.4, -0.2) is 7.11 Å². The second kappa shape index (κ2) is 5.79. The lowest BCUT2D eigenvalue weighted by atomic mass is 10.0. The first-order chi connectivity index (χ1) is 7.19. The minimum atomic E-state index is -0.0109. The number of hydrogen-bond acceptors (Lipinski definition) is 2. The molecule has 2 N–H and O–H groups in total. The van der Waals surface area contributed by atoms with Crippen molar-refractivity contribution in [1.82, 2.24) is 0 Å². The standard InChI is InChI=1S/C12H14BrNO/c1-3-4-5-11(14)9-6-7-12(15-2)10(13)8-9/h1,6-8,11H,4-5,14H2,2H3. The van der Waals surface area contributed by atoms with Crippen molar-refractivity contribution in [2.45, 2.75) is 18.9 Å². The Labute approximate surface area is 98.9 Å². The Balaban J connectivity index is 2.79. The lowest BCUT2D eigenvalue weighted by molar-refractivity contribution is 0.412. The highest BCUT2D eigenvalue weighted by atomic mass is 79.9. The fraction of sp³-hybridized carbons (Fsp3) is 0.333. The summed E-state index contributed by atoms with van der Waals surface area (Å²) in [4.78, 5) is 0. The van der Waals surface area contributed by atoms with Crippen LogP contribution in [0.4, 0.5) is 0 Å². The summed E-state index contributed by atoms with van der Waals surface area (Å²) in [6, 6.07) is 5.82. The van der Waals surface area contributed by atoms with Gasteiger partial charge in [-0.25, -0.2) is 0 Å². The van der Waals surface area contributed by atoms with Crippen LogP contribution in [0.5, 0.6) is 5.75 Å². The zero-order valence-corrected chi connectivity index (χ0v) is 10.3. The van der Waals surface area contributed by atoms with E-state index in [9.17, 15) is 0 Å². The van der Waals surface area contributed by atoms with Gasteiger partial charge in [0.1, 0.15) is 5.75 Å². The van der Waals surface area contributed by atoms with Gasteiger partial charge in [0.2, 0.25) is 0 Å². The summed E-state index contributed by atoms with van der Waals surface area (Å²) in [6.45, 7) is 0. The average Bonchev–Trinajstić information content (AvgIpc) is 2.25. The summed E-state index contributed by atoms with van der Waals surface area (Å²) in [5.41, 5.74) is 7.05. The third kappa shape index (κ3) is 3.26. The molecule has 0 fully saturated rings. The fourth-order valence-electron chi connectivity index (χ4n) is 1.32. The third-order valence-electron chi connectivity index (χ3n) is 2.20. The number of rotatable bonds is 4. The molecule has 0 aliphatic carbocycles. The molecular weight excluding hydrogens is 254 g/mol. The van der Waals surface area contributed by atoms with E-state index in [1.807, 2.05) is 18.2 Å². The molecule has 0 heterocycles. The summed E-state index contributed by atoms with van der Waals surface area (Å²) >= 11 is 3.42. The third-order valence-corrected chi connectivity index (χ3v) is 2.82. The van der Waals surface area contributed by atoms with Crippen molar-refractivity contribution in [3.63, 3.8) is 0 Å². The van der Waals surface area contributed by atoms with E-state index in [1.54, 1.807) is 7.11 Å². The predicted octanol–water partition coefficient (Wildman–Crippen LogP) is 2.87. The van der Waals surface area contributed by atoms with Gasteiger partial charge in [-0.2, -0.15) is 0 Å². The summed E-state index contributed by atoms with van der Waals surface area (Å²) in [6.07, 6.45) is 6.70. The molecule has 0 spiro atoms. The van der Waals surface area contributed by atoms with Crippen LogP contribution in [0, 0.1) is 12.3 Å². The van der Waals surface area contributed by atoms with Crippen LogP contribution in [0.15, 0.2) is 22.7 Å². The van der Waals surface area contributed by atoms with Crippen LogP contribution in [0.25, 0.3) is 0 Å². The maximum Gasteiger partial charge on any atom is 0.133 e. The Morgan fingerprint density at radius 1 is 1.60 bits per heavy atom. The van der Waals surface area contributed by atoms with Crippen LogP contribution >= 0.6 is 15.9 Å². The molecule has 1 atom stereocenters. The van der Waals surface area contributed by atoms with Gasteiger partial charge in [0.05, 0.1) is 11.6 Å². The molecular formula is C12H14BrNO. The van der Waals surface area contributed by atoms with Gasteiger partial charge in [-0.3, -0.25) is 0 Å². The predicted molar refractivity (Wildman–Crippen MR) is 65.7 cm³/mol. The van der Waals surface area contributed by atoms with Gasteiger partial charge < -0.3 is 10.5 Å². The van der Waals surface area contributed by atoms with Crippen molar-refractivity contribution >= 4 is 15.9 Å². The number of ether oxygens (including phenoxy) is 1. The maximum atomic E-state index is 5.98. The van der Waals surface area contributed by atoms with Crippen molar-refractivity contribution in [3.05, 3.63) is 28.2 Å². The van der Waals surface area contributed by atoms with E-state index < -0.39 is 0 Å². The Morgan fingerprint density at radius 3 is 2.87 bits per heavy atom.